The topological polar surface area (TPSA) is 85.0 Å². The van der Waals surface area contributed by atoms with E-state index in [1.807, 2.05) is 74.5 Å². The molecular formula is C38H54ClF6N5O3. The number of nitrogens with one attached hydrogen (secondary N) is 2. The molecule has 15 heteroatoms. The molecule has 2 N–H and O–H groups in total. The third kappa shape index (κ3) is 15.7. The fraction of sp³-hybridized carbons (Fsp3) is 0.553. The normalized spacial score (nSPS) is 17.4. The fourth-order valence-electron chi connectivity index (χ4n) is 6.40. The first-order chi connectivity index (χ1) is 24.6. The summed E-state index contributed by atoms with van der Waals surface area (Å²) in [5.41, 5.74) is 1.79. The Morgan fingerprint density at radius 1 is 0.811 bits per heavy atom. The quantitative estimate of drug-likeness (QED) is 0.181. The lowest BCUT2D eigenvalue weighted by Crippen LogP contribution is -2.54. The van der Waals surface area contributed by atoms with E-state index >= 15 is 0 Å². The Bertz CT molecular complexity index is 1360. The molecule has 3 atom stereocenters. The summed E-state index contributed by atoms with van der Waals surface area (Å²) in [6.45, 7) is 11.2. The summed E-state index contributed by atoms with van der Waals surface area (Å²) in [6.07, 6.45) is -5.93. The Morgan fingerprint density at radius 2 is 1.28 bits per heavy atom. The molecular weight excluding hydrogens is 724 g/mol. The highest BCUT2D eigenvalue weighted by Crippen LogP contribution is 2.25. The van der Waals surface area contributed by atoms with Crippen LogP contribution < -0.4 is 10.6 Å². The average molecular weight is 778 g/mol. The summed E-state index contributed by atoms with van der Waals surface area (Å²) < 4.78 is 77.5. The number of rotatable bonds is 13. The van der Waals surface area contributed by atoms with Crippen LogP contribution in [0, 0.1) is 5.92 Å². The number of alkyl halides is 6. The van der Waals surface area contributed by atoms with Crippen LogP contribution in [0.2, 0.25) is 0 Å². The molecule has 0 spiro atoms. The number of carbonyl (C=O) groups is 3. The lowest BCUT2D eigenvalue weighted by atomic mass is 10.0. The minimum absolute atomic E-state index is 0. The van der Waals surface area contributed by atoms with E-state index in [0.29, 0.717) is 25.8 Å². The average Bonchev–Trinajstić information content (AvgIpc) is 3.81. The van der Waals surface area contributed by atoms with Crippen molar-refractivity contribution in [2.24, 2.45) is 5.92 Å². The molecule has 2 aromatic rings. The first-order valence-corrected chi connectivity index (χ1v) is 17.6. The number of likely N-dealkylation sites (tertiary alicyclic amines) is 1. The van der Waals surface area contributed by atoms with Crippen molar-refractivity contribution < 1.29 is 40.7 Å². The Hall–Kier alpha value is -3.62. The van der Waals surface area contributed by atoms with Gasteiger partial charge >= 0.3 is 24.2 Å². The SMILES string of the molecule is C=C.CN[C@H](C(=O)N1CCC[C@H]1CN(CCc1ccccc1)C(=O)C(F)(F)F)C(C)C.Cl.O=C(N(CCc1ccccc1)C[C@@H]1CCCN1)C(F)(F)F. The minimum Gasteiger partial charge on any atom is -0.337 e. The zero-order valence-electron chi connectivity index (χ0n) is 30.7. The van der Waals surface area contributed by atoms with Crippen molar-refractivity contribution in [1.82, 2.24) is 25.3 Å². The number of benzene rings is 2. The third-order valence-electron chi connectivity index (χ3n) is 9.02. The zero-order chi connectivity index (χ0) is 38.9. The number of likely N-dealkylation sites (N-methyl/N-ethyl adjacent to an activating group) is 1. The Labute approximate surface area is 315 Å². The first kappa shape index (κ1) is 47.4. The molecule has 8 nitrogen and oxygen atoms in total. The van der Waals surface area contributed by atoms with Gasteiger partial charge in [0.15, 0.2) is 0 Å². The minimum atomic E-state index is -4.93. The van der Waals surface area contributed by atoms with Crippen LogP contribution in [0.25, 0.3) is 0 Å². The second kappa shape index (κ2) is 23.2. The summed E-state index contributed by atoms with van der Waals surface area (Å²) in [6, 6.07) is 17.5. The van der Waals surface area contributed by atoms with Crippen molar-refractivity contribution in [3.63, 3.8) is 0 Å². The van der Waals surface area contributed by atoms with E-state index in [4.69, 9.17) is 0 Å². The summed E-state index contributed by atoms with van der Waals surface area (Å²) >= 11 is 0. The highest BCUT2D eigenvalue weighted by molar-refractivity contribution is 5.85. The Morgan fingerprint density at radius 3 is 1.68 bits per heavy atom. The van der Waals surface area contributed by atoms with Gasteiger partial charge in [0.1, 0.15) is 0 Å². The molecule has 3 amide bonds. The van der Waals surface area contributed by atoms with Gasteiger partial charge in [-0.2, -0.15) is 26.3 Å². The van der Waals surface area contributed by atoms with E-state index in [1.165, 1.54) is 0 Å². The maximum atomic E-state index is 13.2. The molecule has 0 aromatic heterocycles. The van der Waals surface area contributed by atoms with Gasteiger partial charge in [-0.3, -0.25) is 14.4 Å². The molecule has 0 saturated carbocycles. The number of carbonyl (C=O) groups excluding carboxylic acids is 3. The number of nitrogens with zero attached hydrogens (tertiary/aromatic N) is 3. The van der Waals surface area contributed by atoms with Crippen LogP contribution in [-0.2, 0) is 27.2 Å². The van der Waals surface area contributed by atoms with Crippen molar-refractivity contribution in [3.05, 3.63) is 84.9 Å². The molecule has 298 valence electrons. The lowest BCUT2D eigenvalue weighted by molar-refractivity contribution is -0.186. The van der Waals surface area contributed by atoms with Gasteiger partial charge < -0.3 is 25.3 Å². The van der Waals surface area contributed by atoms with E-state index in [9.17, 15) is 40.7 Å². The molecule has 2 aliphatic heterocycles. The zero-order valence-corrected chi connectivity index (χ0v) is 31.5. The van der Waals surface area contributed by atoms with Crippen molar-refractivity contribution in [3.8, 4) is 0 Å². The number of hydrogen-bond acceptors (Lipinski definition) is 5. The van der Waals surface area contributed by atoms with Crippen LogP contribution >= 0.6 is 12.4 Å². The van der Waals surface area contributed by atoms with E-state index in [-0.39, 0.29) is 56.5 Å². The van der Waals surface area contributed by atoms with Gasteiger partial charge in [-0.1, -0.05) is 74.5 Å². The van der Waals surface area contributed by atoms with Gasteiger partial charge in [0.25, 0.3) is 0 Å². The standard InChI is InChI=1S/C21H30F3N3O2.C15H19F3N2O.C2H4.ClH/c1-15(2)18(25-3)19(28)27-12-7-10-17(27)14-26(20(29)21(22,23)24)13-11-16-8-5-4-6-9-16;16-15(17,18)14(21)20(11-13-7-4-9-19-13)10-8-12-5-2-1-3-6-12;1-2;/h4-6,8-9,15,17-18,25H,7,10-14H2,1-3H3;1-3,5-6,13,19H,4,7-11H2;1-2H2;1H/t17-,18-;13-;;/m00../s1. The van der Waals surface area contributed by atoms with E-state index in [2.05, 4.69) is 23.8 Å². The van der Waals surface area contributed by atoms with Gasteiger partial charge in [0.05, 0.1) is 6.04 Å². The predicted molar refractivity (Wildman–Crippen MR) is 198 cm³/mol. The molecule has 2 aliphatic rings. The molecule has 2 saturated heterocycles. The second-order valence-electron chi connectivity index (χ2n) is 13.1. The Balaban J connectivity index is 0.000000519. The molecule has 0 bridgehead atoms. The molecule has 2 fully saturated rings. The van der Waals surface area contributed by atoms with E-state index in [1.54, 1.807) is 11.9 Å². The number of hydrogen-bond donors (Lipinski definition) is 2. The fourth-order valence-corrected chi connectivity index (χ4v) is 6.40. The van der Waals surface area contributed by atoms with Crippen LogP contribution in [0.15, 0.2) is 73.8 Å². The molecule has 4 rings (SSSR count). The Kier molecular flexibility index (Phi) is 20.8. The smallest absolute Gasteiger partial charge is 0.337 e. The first-order valence-electron chi connectivity index (χ1n) is 17.6. The highest BCUT2D eigenvalue weighted by atomic mass is 35.5. The van der Waals surface area contributed by atoms with Crippen molar-refractivity contribution in [2.45, 2.75) is 82.9 Å². The van der Waals surface area contributed by atoms with Crippen molar-refractivity contribution in [1.29, 1.82) is 0 Å². The summed E-state index contributed by atoms with van der Waals surface area (Å²) in [5.74, 6) is -3.65. The monoisotopic (exact) mass is 777 g/mol. The number of halogens is 7. The van der Waals surface area contributed by atoms with E-state index in [0.717, 1.165) is 46.7 Å². The summed E-state index contributed by atoms with van der Waals surface area (Å²) in [5, 5.41) is 6.12. The van der Waals surface area contributed by atoms with Crippen molar-refractivity contribution >= 4 is 30.1 Å². The summed E-state index contributed by atoms with van der Waals surface area (Å²) in [7, 11) is 1.70. The van der Waals surface area contributed by atoms with Crippen LogP contribution in [0.1, 0.15) is 50.7 Å². The maximum absolute atomic E-state index is 13.2. The van der Waals surface area contributed by atoms with Gasteiger partial charge in [-0.25, -0.2) is 0 Å². The van der Waals surface area contributed by atoms with Crippen molar-refractivity contribution in [2.75, 3.05) is 46.3 Å². The third-order valence-corrected chi connectivity index (χ3v) is 9.02. The van der Waals surface area contributed by atoms with Gasteiger partial charge in [0.2, 0.25) is 5.91 Å². The van der Waals surface area contributed by atoms with Crippen LogP contribution in [0.4, 0.5) is 26.3 Å². The maximum Gasteiger partial charge on any atom is 0.471 e. The molecule has 0 unspecified atom stereocenters. The second-order valence-corrected chi connectivity index (χ2v) is 13.1. The molecule has 2 heterocycles. The highest BCUT2D eigenvalue weighted by Gasteiger charge is 2.45. The molecule has 2 aromatic carbocycles. The number of amides is 3. The predicted octanol–water partition coefficient (Wildman–Crippen LogP) is 6.45. The van der Waals surface area contributed by atoms with E-state index < -0.39 is 36.3 Å². The van der Waals surface area contributed by atoms with Crippen LogP contribution in [-0.4, -0.2) is 109 Å². The van der Waals surface area contributed by atoms with Crippen LogP contribution in [0.3, 0.4) is 0 Å². The molecule has 0 radical (unpaired) electrons. The van der Waals surface area contributed by atoms with Gasteiger partial charge in [-0.15, -0.1) is 25.6 Å². The molecule has 0 aliphatic carbocycles. The molecule has 53 heavy (non-hydrogen) atoms. The van der Waals surface area contributed by atoms with Gasteiger partial charge in [0, 0.05) is 44.8 Å². The van der Waals surface area contributed by atoms with Crippen LogP contribution in [0.5, 0.6) is 0 Å². The lowest BCUT2D eigenvalue weighted by Gasteiger charge is -2.34. The largest absolute Gasteiger partial charge is 0.471 e. The summed E-state index contributed by atoms with van der Waals surface area (Å²) in [4.78, 5) is 39.9. The van der Waals surface area contributed by atoms with Gasteiger partial charge in [-0.05, 0) is 69.2 Å².